The van der Waals surface area contributed by atoms with E-state index in [1.54, 1.807) is 11.3 Å². The maximum Gasteiger partial charge on any atom is 0.135 e. The van der Waals surface area contributed by atoms with E-state index in [0.29, 0.717) is 12.6 Å². The second-order valence-corrected chi connectivity index (χ2v) is 9.50. The average Bonchev–Trinajstić information content (AvgIpc) is 3.18. The van der Waals surface area contributed by atoms with Crippen molar-refractivity contribution >= 4 is 22.9 Å². The molecule has 1 N–H and O–H groups in total. The number of hydrogen-bond donors (Lipinski definition) is 1. The van der Waals surface area contributed by atoms with Gasteiger partial charge in [0.05, 0.1) is 42.1 Å². The molecule has 2 aromatic rings. The second kappa shape index (κ2) is 6.60. The molecule has 0 bridgehead atoms. The highest BCUT2D eigenvalue weighted by Crippen LogP contribution is 2.48. The molecule has 0 aromatic carbocycles. The summed E-state index contributed by atoms with van der Waals surface area (Å²) in [6, 6.07) is 2.83. The van der Waals surface area contributed by atoms with Crippen LogP contribution in [0.5, 0.6) is 0 Å². The summed E-state index contributed by atoms with van der Waals surface area (Å²) in [5.74, 6) is 1.04. The first kappa shape index (κ1) is 17.2. The molecule has 5 nitrogen and oxygen atoms in total. The van der Waals surface area contributed by atoms with Gasteiger partial charge in [-0.2, -0.15) is 0 Å². The molecule has 7 heteroatoms. The summed E-state index contributed by atoms with van der Waals surface area (Å²) < 4.78 is 14.9. The Balaban J connectivity index is 1.54. The van der Waals surface area contributed by atoms with Gasteiger partial charge in [0.15, 0.2) is 0 Å². The van der Waals surface area contributed by atoms with Crippen molar-refractivity contribution in [2.45, 2.75) is 56.8 Å². The number of ether oxygens (including phenoxy) is 2. The topological polar surface area (TPSA) is 48.3 Å². The fraction of sp³-hybridized carbons (Fsp3) is 0.632. The molecule has 26 heavy (non-hydrogen) atoms. The Kier molecular flexibility index (Phi) is 4.37. The summed E-state index contributed by atoms with van der Waals surface area (Å²) >= 11 is 8.16. The van der Waals surface area contributed by atoms with E-state index >= 15 is 0 Å². The number of thiophene rings is 1. The number of fused-ring (bicyclic) bond motifs is 3. The first-order valence-electron chi connectivity index (χ1n) is 9.39. The molecule has 3 aliphatic rings. The zero-order valence-electron chi connectivity index (χ0n) is 15.0. The van der Waals surface area contributed by atoms with E-state index < -0.39 is 0 Å². The fourth-order valence-corrected chi connectivity index (χ4v) is 6.45. The fourth-order valence-electron chi connectivity index (χ4n) is 4.96. The third-order valence-electron chi connectivity index (χ3n) is 5.95. The molecule has 1 spiro atoms. The van der Waals surface area contributed by atoms with Crippen molar-refractivity contribution in [2.24, 2.45) is 0 Å². The Labute approximate surface area is 162 Å². The molecule has 0 amide bonds. The number of halogens is 1. The van der Waals surface area contributed by atoms with E-state index in [1.165, 1.54) is 16.1 Å². The first-order valence-corrected chi connectivity index (χ1v) is 10.6. The lowest BCUT2D eigenvalue weighted by Crippen LogP contribution is -2.49. The number of hydrogen-bond acceptors (Lipinski definition) is 5. The van der Waals surface area contributed by atoms with Crippen molar-refractivity contribution in [3.8, 4) is 0 Å². The van der Waals surface area contributed by atoms with Gasteiger partial charge in [-0.15, -0.1) is 11.3 Å². The zero-order chi connectivity index (χ0) is 17.7. The van der Waals surface area contributed by atoms with E-state index in [4.69, 9.17) is 21.1 Å². The van der Waals surface area contributed by atoms with Crippen LogP contribution in [0.1, 0.15) is 47.8 Å². The zero-order valence-corrected chi connectivity index (χ0v) is 16.5. The van der Waals surface area contributed by atoms with Crippen molar-refractivity contribution in [1.29, 1.82) is 0 Å². The van der Waals surface area contributed by atoms with Crippen LogP contribution in [0.15, 0.2) is 12.3 Å². The molecular weight excluding hydrogens is 370 g/mol. The molecular formula is C19H24ClN3O2S. The molecule has 0 saturated carbocycles. The lowest BCUT2D eigenvalue weighted by molar-refractivity contribution is 0.0573. The Morgan fingerprint density at radius 2 is 2.27 bits per heavy atom. The number of imidazole rings is 1. The summed E-state index contributed by atoms with van der Waals surface area (Å²) in [6.07, 6.45) is 5.10. The van der Waals surface area contributed by atoms with Crippen LogP contribution in [0.25, 0.3) is 0 Å². The normalized spacial score (nSPS) is 31.5. The molecule has 5 rings (SSSR count). The summed E-state index contributed by atoms with van der Waals surface area (Å²) in [5, 5.41) is 3.81. The quantitative estimate of drug-likeness (QED) is 0.806. The van der Waals surface area contributed by atoms with Gasteiger partial charge in [-0.05, 0) is 37.8 Å². The van der Waals surface area contributed by atoms with Crippen LogP contribution in [0.4, 0.5) is 0 Å². The van der Waals surface area contributed by atoms with Crippen LogP contribution >= 0.6 is 22.9 Å². The van der Waals surface area contributed by atoms with E-state index in [0.717, 1.165) is 55.8 Å². The number of aromatic nitrogens is 2. The van der Waals surface area contributed by atoms with E-state index in [2.05, 4.69) is 27.9 Å². The maximum atomic E-state index is 6.41. The molecule has 2 aromatic heterocycles. The summed E-state index contributed by atoms with van der Waals surface area (Å²) in [7, 11) is 0. The van der Waals surface area contributed by atoms with Gasteiger partial charge in [-0.25, -0.2) is 4.98 Å². The summed E-state index contributed by atoms with van der Waals surface area (Å²) in [5.41, 5.74) is 2.70. The van der Waals surface area contributed by atoms with Crippen LogP contribution in [0, 0.1) is 0 Å². The maximum absolute atomic E-state index is 6.41. The SMILES string of the molecule is CC1CC2(COCCc3cc(Cl)sc32)CC(c2cnc3n2CCOC3)N1. The molecule has 140 valence electrons. The van der Waals surface area contributed by atoms with Crippen molar-refractivity contribution in [3.05, 3.63) is 38.6 Å². The minimum Gasteiger partial charge on any atom is -0.380 e. The Hall–Kier alpha value is -0.920. The standard InChI is InChI=1S/C19H24ClN3O2S/c1-12-7-19(11-25-4-2-13-6-16(20)26-18(13)19)8-14(22-12)15-9-21-17-10-24-5-3-23(15)17/h6,9,12,14,22H,2-5,7-8,10-11H2,1H3. The van der Waals surface area contributed by atoms with Gasteiger partial charge in [-0.1, -0.05) is 11.6 Å². The molecule has 3 atom stereocenters. The van der Waals surface area contributed by atoms with E-state index in [-0.39, 0.29) is 11.5 Å². The molecule has 3 unspecified atom stereocenters. The lowest BCUT2D eigenvalue weighted by Gasteiger charge is -2.44. The minimum absolute atomic E-state index is 0.0366. The van der Waals surface area contributed by atoms with Gasteiger partial charge in [-0.3, -0.25) is 0 Å². The van der Waals surface area contributed by atoms with Crippen LogP contribution in [-0.2, 0) is 34.5 Å². The molecule has 0 radical (unpaired) electrons. The average molecular weight is 394 g/mol. The smallest absolute Gasteiger partial charge is 0.135 e. The monoisotopic (exact) mass is 393 g/mol. The van der Waals surface area contributed by atoms with Gasteiger partial charge >= 0.3 is 0 Å². The van der Waals surface area contributed by atoms with Crippen molar-refractivity contribution < 1.29 is 9.47 Å². The van der Waals surface area contributed by atoms with Gasteiger partial charge in [0.1, 0.15) is 12.4 Å². The summed E-state index contributed by atoms with van der Waals surface area (Å²) in [4.78, 5) is 6.05. The molecule has 3 aliphatic heterocycles. The largest absolute Gasteiger partial charge is 0.380 e. The summed E-state index contributed by atoms with van der Waals surface area (Å²) in [6.45, 7) is 6.11. The highest BCUT2D eigenvalue weighted by Gasteiger charge is 2.45. The number of piperidine rings is 1. The Morgan fingerprint density at radius 1 is 1.35 bits per heavy atom. The molecule has 0 aliphatic carbocycles. The molecule has 5 heterocycles. The minimum atomic E-state index is 0.0366. The predicted octanol–water partition coefficient (Wildman–Crippen LogP) is 3.45. The first-order chi connectivity index (χ1) is 12.6. The van der Waals surface area contributed by atoms with E-state index in [9.17, 15) is 0 Å². The predicted molar refractivity (Wildman–Crippen MR) is 102 cm³/mol. The third kappa shape index (κ3) is 2.83. The molecule has 1 fully saturated rings. The molecule has 1 saturated heterocycles. The van der Waals surface area contributed by atoms with Crippen LogP contribution in [0.3, 0.4) is 0 Å². The van der Waals surface area contributed by atoms with Crippen molar-refractivity contribution in [1.82, 2.24) is 14.9 Å². The number of nitrogens with one attached hydrogen (secondary N) is 1. The number of rotatable bonds is 1. The van der Waals surface area contributed by atoms with Gasteiger partial charge < -0.3 is 19.4 Å². The number of nitrogens with zero attached hydrogens (tertiary/aromatic N) is 2. The van der Waals surface area contributed by atoms with Crippen LogP contribution < -0.4 is 5.32 Å². The van der Waals surface area contributed by atoms with E-state index in [1.807, 2.05) is 6.20 Å². The third-order valence-corrected chi connectivity index (χ3v) is 7.50. The van der Waals surface area contributed by atoms with Gasteiger partial charge in [0.25, 0.3) is 0 Å². The Bertz CT molecular complexity index is 820. The Morgan fingerprint density at radius 3 is 3.19 bits per heavy atom. The highest BCUT2D eigenvalue weighted by atomic mass is 35.5. The van der Waals surface area contributed by atoms with Gasteiger partial charge in [0.2, 0.25) is 0 Å². The van der Waals surface area contributed by atoms with Gasteiger partial charge in [0, 0.05) is 22.9 Å². The highest BCUT2D eigenvalue weighted by molar-refractivity contribution is 7.16. The van der Waals surface area contributed by atoms with Crippen LogP contribution in [0.2, 0.25) is 4.34 Å². The van der Waals surface area contributed by atoms with Crippen molar-refractivity contribution in [3.63, 3.8) is 0 Å². The second-order valence-electron chi connectivity index (χ2n) is 7.82. The van der Waals surface area contributed by atoms with Crippen molar-refractivity contribution in [2.75, 3.05) is 19.8 Å². The van der Waals surface area contributed by atoms with Crippen LogP contribution in [-0.4, -0.2) is 35.4 Å². The lowest BCUT2D eigenvalue weighted by atomic mass is 9.71.